The molecule has 158 valence electrons. The Labute approximate surface area is 180 Å². The van der Waals surface area contributed by atoms with Crippen LogP contribution >= 0.6 is 11.8 Å². The summed E-state index contributed by atoms with van der Waals surface area (Å²) in [6, 6.07) is 9.97. The molecule has 0 aliphatic heterocycles. The summed E-state index contributed by atoms with van der Waals surface area (Å²) >= 11 is 1.39. The van der Waals surface area contributed by atoms with E-state index < -0.39 is 0 Å². The maximum atomic E-state index is 12.4. The van der Waals surface area contributed by atoms with Crippen molar-refractivity contribution in [2.24, 2.45) is 0 Å². The van der Waals surface area contributed by atoms with E-state index in [1.54, 1.807) is 6.26 Å². The van der Waals surface area contributed by atoms with Crippen LogP contribution in [-0.2, 0) is 4.79 Å². The topological polar surface area (TPSA) is 82.2 Å². The van der Waals surface area contributed by atoms with Crippen LogP contribution < -0.4 is 10.1 Å². The Kier molecular flexibility index (Phi) is 6.42. The molecule has 2 heterocycles. The first-order chi connectivity index (χ1) is 14.7. The fourth-order valence-corrected chi connectivity index (χ4v) is 4.48. The second-order valence-electron chi connectivity index (χ2n) is 7.30. The standard InChI is InChI=1S/C22H26N4O3S/c1-3-28-18-10-8-17(9-11-18)26-21(19-12-13-29-15(19)2)24-25-22(26)30-14-20(27)23-16-6-4-5-7-16/h8-13,16H,3-7,14H2,1-2H3,(H,23,27). The Morgan fingerprint density at radius 2 is 2.00 bits per heavy atom. The number of hydrogen-bond donors (Lipinski definition) is 1. The molecule has 1 fully saturated rings. The molecule has 1 aliphatic carbocycles. The molecule has 1 aromatic carbocycles. The first-order valence-corrected chi connectivity index (χ1v) is 11.3. The van der Waals surface area contributed by atoms with Crippen LogP contribution in [0.1, 0.15) is 38.4 Å². The molecule has 0 radical (unpaired) electrons. The van der Waals surface area contributed by atoms with Crippen LogP contribution in [0.25, 0.3) is 17.1 Å². The van der Waals surface area contributed by atoms with Gasteiger partial charge in [-0.05, 0) is 57.0 Å². The van der Waals surface area contributed by atoms with Crippen molar-refractivity contribution in [3.63, 3.8) is 0 Å². The van der Waals surface area contributed by atoms with Gasteiger partial charge in [-0.3, -0.25) is 9.36 Å². The predicted octanol–water partition coefficient (Wildman–Crippen LogP) is 4.39. The van der Waals surface area contributed by atoms with E-state index in [0.29, 0.717) is 29.4 Å². The minimum atomic E-state index is 0.0363. The van der Waals surface area contributed by atoms with E-state index in [2.05, 4.69) is 15.5 Å². The van der Waals surface area contributed by atoms with Crippen molar-refractivity contribution in [2.75, 3.05) is 12.4 Å². The zero-order chi connectivity index (χ0) is 20.9. The maximum absolute atomic E-state index is 12.4. The average molecular weight is 427 g/mol. The van der Waals surface area contributed by atoms with Crippen molar-refractivity contribution in [3.8, 4) is 22.8 Å². The molecule has 7 nitrogen and oxygen atoms in total. The van der Waals surface area contributed by atoms with Crippen LogP contribution in [0.15, 0.2) is 46.2 Å². The smallest absolute Gasteiger partial charge is 0.230 e. The van der Waals surface area contributed by atoms with Crippen LogP contribution in [0.2, 0.25) is 0 Å². The molecule has 30 heavy (non-hydrogen) atoms. The Morgan fingerprint density at radius 3 is 2.67 bits per heavy atom. The van der Waals surface area contributed by atoms with Gasteiger partial charge in [-0.2, -0.15) is 0 Å². The van der Waals surface area contributed by atoms with Crippen molar-refractivity contribution < 1.29 is 13.9 Å². The molecule has 0 bridgehead atoms. The first-order valence-electron chi connectivity index (χ1n) is 10.3. The van der Waals surface area contributed by atoms with Gasteiger partial charge in [0, 0.05) is 6.04 Å². The van der Waals surface area contributed by atoms with E-state index in [9.17, 15) is 4.79 Å². The molecule has 0 saturated heterocycles. The van der Waals surface area contributed by atoms with Crippen LogP contribution in [0.4, 0.5) is 0 Å². The highest BCUT2D eigenvalue weighted by atomic mass is 32.2. The van der Waals surface area contributed by atoms with E-state index in [1.807, 2.05) is 48.7 Å². The van der Waals surface area contributed by atoms with Gasteiger partial charge in [0.15, 0.2) is 11.0 Å². The number of ether oxygens (including phenoxy) is 1. The highest BCUT2D eigenvalue weighted by Gasteiger charge is 2.21. The summed E-state index contributed by atoms with van der Waals surface area (Å²) in [5.41, 5.74) is 1.77. The monoisotopic (exact) mass is 426 g/mol. The molecular formula is C22H26N4O3S. The summed E-state index contributed by atoms with van der Waals surface area (Å²) in [4.78, 5) is 12.4. The molecule has 1 N–H and O–H groups in total. The summed E-state index contributed by atoms with van der Waals surface area (Å²) in [5.74, 6) is 2.60. The lowest BCUT2D eigenvalue weighted by Gasteiger charge is -2.13. The van der Waals surface area contributed by atoms with Gasteiger partial charge in [-0.1, -0.05) is 24.6 Å². The molecule has 3 aromatic rings. The normalized spacial score (nSPS) is 14.2. The fourth-order valence-electron chi connectivity index (χ4n) is 3.72. The summed E-state index contributed by atoms with van der Waals surface area (Å²) in [7, 11) is 0. The number of carbonyl (C=O) groups excluding carboxylic acids is 1. The molecule has 8 heteroatoms. The van der Waals surface area contributed by atoms with E-state index in [4.69, 9.17) is 9.15 Å². The molecular weight excluding hydrogens is 400 g/mol. The zero-order valence-electron chi connectivity index (χ0n) is 17.3. The lowest BCUT2D eigenvalue weighted by molar-refractivity contribution is -0.119. The van der Waals surface area contributed by atoms with Gasteiger partial charge in [0.2, 0.25) is 5.91 Å². The van der Waals surface area contributed by atoms with Crippen LogP contribution in [-0.4, -0.2) is 39.1 Å². The summed E-state index contributed by atoms with van der Waals surface area (Å²) in [6.07, 6.45) is 6.17. The van der Waals surface area contributed by atoms with E-state index in [1.165, 1.54) is 24.6 Å². The Bertz CT molecular complexity index is 990. The van der Waals surface area contributed by atoms with Gasteiger partial charge in [-0.25, -0.2) is 0 Å². The number of rotatable bonds is 8. The van der Waals surface area contributed by atoms with Crippen molar-refractivity contribution in [1.29, 1.82) is 0 Å². The minimum absolute atomic E-state index is 0.0363. The van der Waals surface area contributed by atoms with E-state index in [0.717, 1.165) is 35.6 Å². The number of carbonyl (C=O) groups is 1. The quantitative estimate of drug-likeness (QED) is 0.538. The summed E-state index contributed by atoms with van der Waals surface area (Å²) < 4.78 is 13.0. The number of aromatic nitrogens is 3. The average Bonchev–Trinajstić information content (AvgIpc) is 3.48. The van der Waals surface area contributed by atoms with Crippen molar-refractivity contribution in [3.05, 3.63) is 42.4 Å². The van der Waals surface area contributed by atoms with E-state index in [-0.39, 0.29) is 5.91 Å². The van der Waals surface area contributed by atoms with Gasteiger partial charge < -0.3 is 14.5 Å². The third-order valence-electron chi connectivity index (χ3n) is 5.19. The largest absolute Gasteiger partial charge is 0.494 e. The number of nitrogens with one attached hydrogen (secondary N) is 1. The van der Waals surface area contributed by atoms with E-state index >= 15 is 0 Å². The Hall–Kier alpha value is -2.74. The maximum Gasteiger partial charge on any atom is 0.230 e. The lowest BCUT2D eigenvalue weighted by Crippen LogP contribution is -2.33. The molecule has 0 atom stereocenters. The number of furan rings is 1. The third-order valence-corrected chi connectivity index (χ3v) is 6.12. The van der Waals surface area contributed by atoms with Gasteiger partial charge in [0.1, 0.15) is 11.5 Å². The molecule has 1 amide bonds. The minimum Gasteiger partial charge on any atom is -0.494 e. The lowest BCUT2D eigenvalue weighted by atomic mass is 10.2. The molecule has 2 aromatic heterocycles. The van der Waals surface area contributed by atoms with Crippen LogP contribution in [0.3, 0.4) is 0 Å². The SMILES string of the molecule is CCOc1ccc(-n2c(SCC(=O)NC3CCCC3)nnc2-c2ccoc2C)cc1. The Balaban J connectivity index is 1.59. The van der Waals surface area contributed by atoms with Crippen LogP contribution in [0, 0.1) is 6.92 Å². The Morgan fingerprint density at radius 1 is 1.23 bits per heavy atom. The third kappa shape index (κ3) is 4.53. The number of nitrogens with zero attached hydrogens (tertiary/aromatic N) is 3. The highest BCUT2D eigenvalue weighted by molar-refractivity contribution is 7.99. The van der Waals surface area contributed by atoms with Gasteiger partial charge in [0.05, 0.1) is 29.9 Å². The molecule has 0 spiro atoms. The molecule has 1 aliphatic rings. The first kappa shape index (κ1) is 20.5. The van der Waals surface area contributed by atoms with Crippen molar-refractivity contribution in [2.45, 2.75) is 50.7 Å². The highest BCUT2D eigenvalue weighted by Crippen LogP contribution is 2.31. The second-order valence-corrected chi connectivity index (χ2v) is 8.24. The van der Waals surface area contributed by atoms with Crippen LogP contribution in [0.5, 0.6) is 5.75 Å². The zero-order valence-corrected chi connectivity index (χ0v) is 18.1. The molecule has 1 saturated carbocycles. The predicted molar refractivity (Wildman–Crippen MR) is 116 cm³/mol. The van der Waals surface area contributed by atoms with Gasteiger partial charge in [0.25, 0.3) is 0 Å². The molecule has 0 unspecified atom stereocenters. The summed E-state index contributed by atoms with van der Waals surface area (Å²) in [5, 5.41) is 12.6. The number of hydrogen-bond acceptors (Lipinski definition) is 6. The van der Waals surface area contributed by atoms with Crippen molar-refractivity contribution in [1.82, 2.24) is 20.1 Å². The number of amides is 1. The number of benzene rings is 1. The number of thioether (sulfide) groups is 1. The second kappa shape index (κ2) is 9.38. The van der Waals surface area contributed by atoms with Gasteiger partial charge in [-0.15, -0.1) is 10.2 Å². The van der Waals surface area contributed by atoms with Crippen molar-refractivity contribution >= 4 is 17.7 Å². The fraction of sp³-hybridized carbons (Fsp3) is 0.409. The molecule has 4 rings (SSSR count). The summed E-state index contributed by atoms with van der Waals surface area (Å²) in [6.45, 7) is 4.47. The number of aryl methyl sites for hydroxylation is 1. The van der Waals surface area contributed by atoms with Gasteiger partial charge >= 0.3 is 0 Å².